The number of benzene rings is 1. The first kappa shape index (κ1) is 15.1. The second-order valence-corrected chi connectivity index (χ2v) is 6.48. The fraction of sp³-hybridized carbons (Fsp3) is 0.375. The third-order valence-corrected chi connectivity index (χ3v) is 4.23. The monoisotopic (exact) mass is 318 g/mol. The number of H-pyrrole nitrogens is 1. The van der Waals surface area contributed by atoms with Gasteiger partial charge in [0.25, 0.3) is 5.91 Å². The fourth-order valence-electron chi connectivity index (χ4n) is 2.71. The van der Waals surface area contributed by atoms with Crippen LogP contribution in [0.25, 0.3) is 0 Å². The Morgan fingerprint density at radius 2 is 2.23 bits per heavy atom. The molecule has 0 unspecified atom stereocenters. The van der Waals surface area contributed by atoms with Gasteiger partial charge in [0.05, 0.1) is 5.54 Å². The van der Waals surface area contributed by atoms with Gasteiger partial charge in [-0.05, 0) is 31.5 Å². The Balaban J connectivity index is 1.83. The summed E-state index contributed by atoms with van der Waals surface area (Å²) in [6.07, 6.45) is 0.868. The van der Waals surface area contributed by atoms with E-state index in [1.807, 2.05) is 38.1 Å². The standard InChI is InChI=1S/C16H19ClN4O/c1-16(2,10-4-3-5-11(17)8-10)19-15(22)14-12-9-18-7-6-13(12)20-21-14/h3-5,8,18H,6-7,9H2,1-2H3,(H,19,22)(H,20,21). The summed E-state index contributed by atoms with van der Waals surface area (Å²) in [6, 6.07) is 7.52. The van der Waals surface area contributed by atoms with Crippen LogP contribution in [-0.4, -0.2) is 22.6 Å². The summed E-state index contributed by atoms with van der Waals surface area (Å²) in [7, 11) is 0. The van der Waals surface area contributed by atoms with E-state index in [-0.39, 0.29) is 5.91 Å². The largest absolute Gasteiger partial charge is 0.342 e. The molecule has 0 saturated heterocycles. The molecule has 2 heterocycles. The number of nitrogens with one attached hydrogen (secondary N) is 3. The Morgan fingerprint density at radius 3 is 3.00 bits per heavy atom. The lowest BCUT2D eigenvalue weighted by Gasteiger charge is -2.27. The van der Waals surface area contributed by atoms with Crippen LogP contribution in [0.1, 0.15) is 41.2 Å². The van der Waals surface area contributed by atoms with E-state index >= 15 is 0 Å². The average molecular weight is 319 g/mol. The molecule has 22 heavy (non-hydrogen) atoms. The summed E-state index contributed by atoms with van der Waals surface area (Å²) < 4.78 is 0. The first-order valence-corrected chi connectivity index (χ1v) is 7.70. The topological polar surface area (TPSA) is 69.8 Å². The van der Waals surface area contributed by atoms with Crippen LogP contribution in [0, 0.1) is 0 Å². The van der Waals surface area contributed by atoms with Crippen molar-refractivity contribution in [1.82, 2.24) is 20.8 Å². The lowest BCUT2D eigenvalue weighted by Crippen LogP contribution is -2.41. The highest BCUT2D eigenvalue weighted by Gasteiger charge is 2.28. The van der Waals surface area contributed by atoms with Gasteiger partial charge in [0.1, 0.15) is 0 Å². The van der Waals surface area contributed by atoms with Gasteiger partial charge < -0.3 is 10.6 Å². The fourth-order valence-corrected chi connectivity index (χ4v) is 2.90. The number of carbonyl (C=O) groups is 1. The van der Waals surface area contributed by atoms with Gasteiger partial charge in [0.2, 0.25) is 0 Å². The van der Waals surface area contributed by atoms with Crippen molar-refractivity contribution < 1.29 is 4.79 Å². The number of hydrogen-bond donors (Lipinski definition) is 3. The van der Waals surface area contributed by atoms with E-state index in [1.165, 1.54) is 0 Å². The summed E-state index contributed by atoms with van der Waals surface area (Å²) >= 11 is 6.04. The van der Waals surface area contributed by atoms with E-state index in [0.717, 1.165) is 29.8 Å². The molecule has 1 aliphatic heterocycles. The van der Waals surface area contributed by atoms with Gasteiger partial charge >= 0.3 is 0 Å². The highest BCUT2D eigenvalue weighted by Crippen LogP contribution is 2.24. The van der Waals surface area contributed by atoms with Crippen LogP contribution in [0.2, 0.25) is 5.02 Å². The van der Waals surface area contributed by atoms with Crippen molar-refractivity contribution >= 4 is 17.5 Å². The first-order valence-electron chi connectivity index (χ1n) is 7.33. The summed E-state index contributed by atoms with van der Waals surface area (Å²) in [5, 5.41) is 14.1. The Morgan fingerprint density at radius 1 is 1.41 bits per heavy atom. The van der Waals surface area contributed by atoms with E-state index in [0.29, 0.717) is 17.3 Å². The molecule has 6 heteroatoms. The van der Waals surface area contributed by atoms with Crippen LogP contribution in [0.15, 0.2) is 24.3 Å². The van der Waals surface area contributed by atoms with Gasteiger partial charge in [-0.2, -0.15) is 5.10 Å². The van der Waals surface area contributed by atoms with Crippen molar-refractivity contribution in [2.45, 2.75) is 32.4 Å². The lowest BCUT2D eigenvalue weighted by atomic mass is 9.94. The van der Waals surface area contributed by atoms with Gasteiger partial charge in [-0.3, -0.25) is 9.89 Å². The molecule has 116 valence electrons. The van der Waals surface area contributed by atoms with E-state index in [9.17, 15) is 4.79 Å². The van der Waals surface area contributed by atoms with Crippen molar-refractivity contribution in [3.8, 4) is 0 Å². The Labute approximate surface area is 134 Å². The molecule has 3 rings (SSSR count). The van der Waals surface area contributed by atoms with Gasteiger partial charge in [0.15, 0.2) is 5.69 Å². The van der Waals surface area contributed by atoms with Crippen molar-refractivity contribution in [2.75, 3.05) is 6.54 Å². The quantitative estimate of drug-likeness (QED) is 0.813. The number of aromatic nitrogens is 2. The summed E-state index contributed by atoms with van der Waals surface area (Å²) in [4.78, 5) is 12.6. The van der Waals surface area contributed by atoms with Gasteiger partial charge in [-0.25, -0.2) is 0 Å². The molecule has 1 aromatic heterocycles. The van der Waals surface area contributed by atoms with Crippen LogP contribution >= 0.6 is 11.6 Å². The molecule has 5 nitrogen and oxygen atoms in total. The molecule has 0 bridgehead atoms. The summed E-state index contributed by atoms with van der Waals surface area (Å²) in [5.41, 5.74) is 2.90. The highest BCUT2D eigenvalue weighted by molar-refractivity contribution is 6.30. The van der Waals surface area contributed by atoms with Crippen molar-refractivity contribution in [3.63, 3.8) is 0 Å². The second kappa shape index (κ2) is 5.74. The normalized spacial score (nSPS) is 14.5. The molecular formula is C16H19ClN4O. The zero-order chi connectivity index (χ0) is 15.7. The Bertz CT molecular complexity index is 708. The maximum absolute atomic E-state index is 12.6. The molecular weight excluding hydrogens is 300 g/mol. The number of nitrogens with zero attached hydrogens (tertiary/aromatic N) is 1. The van der Waals surface area contributed by atoms with Crippen LogP contribution in [0.3, 0.4) is 0 Å². The molecule has 1 amide bonds. The zero-order valence-electron chi connectivity index (χ0n) is 12.7. The molecule has 3 N–H and O–H groups in total. The minimum atomic E-state index is -0.532. The lowest BCUT2D eigenvalue weighted by molar-refractivity contribution is 0.0905. The second-order valence-electron chi connectivity index (χ2n) is 6.05. The molecule has 1 aromatic carbocycles. The van der Waals surface area contributed by atoms with Crippen molar-refractivity contribution in [3.05, 3.63) is 51.8 Å². The number of fused-ring (bicyclic) bond motifs is 1. The van der Waals surface area contributed by atoms with Gasteiger partial charge in [-0.15, -0.1) is 0 Å². The van der Waals surface area contributed by atoms with Crippen LogP contribution in [-0.2, 0) is 18.5 Å². The van der Waals surface area contributed by atoms with Crippen molar-refractivity contribution in [1.29, 1.82) is 0 Å². The predicted molar refractivity (Wildman–Crippen MR) is 85.9 cm³/mol. The van der Waals surface area contributed by atoms with Crippen LogP contribution in [0.4, 0.5) is 0 Å². The molecule has 0 spiro atoms. The molecule has 0 saturated carbocycles. The third-order valence-electron chi connectivity index (χ3n) is 3.99. The Hall–Kier alpha value is -1.85. The molecule has 2 aromatic rings. The number of rotatable bonds is 3. The number of hydrogen-bond acceptors (Lipinski definition) is 3. The molecule has 0 atom stereocenters. The number of carbonyl (C=O) groups excluding carboxylic acids is 1. The summed E-state index contributed by atoms with van der Waals surface area (Å²) in [5.74, 6) is -0.175. The molecule has 0 radical (unpaired) electrons. The maximum Gasteiger partial charge on any atom is 0.272 e. The van der Waals surface area contributed by atoms with Crippen molar-refractivity contribution in [2.24, 2.45) is 0 Å². The van der Waals surface area contributed by atoms with E-state index in [1.54, 1.807) is 0 Å². The first-order chi connectivity index (χ1) is 10.5. The number of aromatic amines is 1. The third kappa shape index (κ3) is 2.87. The summed E-state index contributed by atoms with van der Waals surface area (Å²) in [6.45, 7) is 5.48. The number of halogens is 1. The van der Waals surface area contributed by atoms with Gasteiger partial charge in [-0.1, -0.05) is 23.7 Å². The molecule has 0 fully saturated rings. The van der Waals surface area contributed by atoms with Gasteiger partial charge in [0, 0.05) is 35.8 Å². The smallest absolute Gasteiger partial charge is 0.272 e. The average Bonchev–Trinajstić information content (AvgIpc) is 2.91. The van der Waals surface area contributed by atoms with Crippen LogP contribution < -0.4 is 10.6 Å². The SMILES string of the molecule is CC(C)(NC(=O)c1n[nH]c2c1CNCC2)c1cccc(Cl)c1. The van der Waals surface area contributed by atoms with E-state index in [2.05, 4.69) is 20.8 Å². The van der Waals surface area contributed by atoms with Crippen LogP contribution in [0.5, 0.6) is 0 Å². The molecule has 1 aliphatic rings. The minimum absolute atomic E-state index is 0.175. The highest BCUT2D eigenvalue weighted by atomic mass is 35.5. The minimum Gasteiger partial charge on any atom is -0.342 e. The molecule has 0 aliphatic carbocycles. The predicted octanol–water partition coefficient (Wildman–Crippen LogP) is 2.37. The van der Waals surface area contributed by atoms with E-state index < -0.39 is 5.54 Å². The number of amides is 1. The Kier molecular flexibility index (Phi) is 3.93. The van der Waals surface area contributed by atoms with E-state index in [4.69, 9.17) is 11.6 Å². The maximum atomic E-state index is 12.6. The zero-order valence-corrected chi connectivity index (χ0v) is 13.4.